The average molecular weight is 920 g/mol. The number of nitrogens with zero attached hydrogens (tertiary/aromatic N) is 2. The van der Waals surface area contributed by atoms with E-state index in [1.54, 1.807) is 6.07 Å². The fourth-order valence-corrected chi connectivity index (χ4v) is 10.9. The van der Waals surface area contributed by atoms with Gasteiger partial charge in [-0.25, -0.2) is 0 Å². The number of hydrogen-bond donors (Lipinski definition) is 1. The molecule has 1 aliphatic heterocycles. The number of alkyl halides is 3. The second-order valence-corrected chi connectivity index (χ2v) is 19.4. The first-order valence-corrected chi connectivity index (χ1v) is 24.2. The summed E-state index contributed by atoms with van der Waals surface area (Å²) < 4.78 is 43.0. The van der Waals surface area contributed by atoms with Gasteiger partial charge >= 0.3 is 6.18 Å². The first kappa shape index (κ1) is 44.6. The highest BCUT2D eigenvalue weighted by Crippen LogP contribution is 2.61. The molecule has 70 heavy (non-hydrogen) atoms. The molecule has 0 amide bonds. The fraction of sp³-hybridized carbons (Fsp3) is 0.172. The second kappa shape index (κ2) is 17.9. The quantitative estimate of drug-likeness (QED) is 0.157. The summed E-state index contributed by atoms with van der Waals surface area (Å²) in [5, 5.41) is 14.9. The average Bonchev–Trinajstić information content (AvgIpc) is 3.37. The minimum absolute atomic E-state index is 0.0279. The predicted octanol–water partition coefficient (Wildman–Crippen LogP) is 17.1. The third kappa shape index (κ3) is 8.30. The molecule has 1 heterocycles. The third-order valence-corrected chi connectivity index (χ3v) is 14.7. The summed E-state index contributed by atoms with van der Waals surface area (Å²) in [5.41, 5.74) is 18.7. The standard InChI is InChI=1S/C64H52F3N3/c1-39-11-19-43(20-12-39)44-27-29-46(30-28-44)53-9-6-10-57(62(53)47-23-15-41(3)16-24-47)69-58-36-54(50-7-5-8-52(33-50)64(65,66)67)51(38-68)35-60(58)70-59-32-31-49(45-21-13-40(2)14-22-45)34-55(59)56-37-61(70)63(56)48-25-17-42(4)18-26-48/h5-8,10-29,31-37,46,53,56,63,69H,9,30H2,1-4H3/t46-,53-,56?,63+/m0/s1. The lowest BCUT2D eigenvalue weighted by Gasteiger charge is -2.50. The maximum absolute atomic E-state index is 14.3. The van der Waals surface area contributed by atoms with E-state index in [1.807, 2.05) is 12.1 Å². The van der Waals surface area contributed by atoms with Gasteiger partial charge in [0.1, 0.15) is 0 Å². The van der Waals surface area contributed by atoms with Crippen molar-refractivity contribution < 1.29 is 13.2 Å². The van der Waals surface area contributed by atoms with Crippen molar-refractivity contribution in [2.45, 2.75) is 58.5 Å². The second-order valence-electron chi connectivity index (χ2n) is 19.4. The van der Waals surface area contributed by atoms with E-state index in [4.69, 9.17) is 0 Å². The zero-order valence-corrected chi connectivity index (χ0v) is 39.6. The highest BCUT2D eigenvalue weighted by molar-refractivity contribution is 5.93. The van der Waals surface area contributed by atoms with Crippen LogP contribution in [0.15, 0.2) is 200 Å². The molecule has 2 bridgehead atoms. The number of benzene rings is 7. The molecule has 7 aromatic carbocycles. The van der Waals surface area contributed by atoms with Crippen LogP contribution in [0.5, 0.6) is 0 Å². The summed E-state index contributed by atoms with van der Waals surface area (Å²) in [6.45, 7) is 8.39. The molecule has 0 spiro atoms. The minimum Gasteiger partial charge on any atom is -0.354 e. The molecule has 0 saturated heterocycles. The van der Waals surface area contributed by atoms with Crippen LogP contribution in [-0.4, -0.2) is 0 Å². The largest absolute Gasteiger partial charge is 0.416 e. The first-order chi connectivity index (χ1) is 33.9. The highest BCUT2D eigenvalue weighted by atomic mass is 19.4. The lowest BCUT2D eigenvalue weighted by atomic mass is 9.66. The van der Waals surface area contributed by atoms with Crippen LogP contribution in [0.4, 0.5) is 30.2 Å². The van der Waals surface area contributed by atoms with E-state index in [0.29, 0.717) is 16.8 Å². The molecule has 3 nitrogen and oxygen atoms in total. The molecule has 0 fully saturated rings. The normalized spacial score (nSPS) is 19.2. The van der Waals surface area contributed by atoms with Crippen molar-refractivity contribution >= 4 is 28.2 Å². The van der Waals surface area contributed by atoms with Crippen LogP contribution in [0.1, 0.15) is 80.3 Å². The zero-order valence-electron chi connectivity index (χ0n) is 39.6. The Morgan fingerprint density at radius 3 is 1.91 bits per heavy atom. The summed E-state index contributed by atoms with van der Waals surface area (Å²) in [7, 11) is 0. The summed E-state index contributed by atoms with van der Waals surface area (Å²) in [4.78, 5) is 2.29. The van der Waals surface area contributed by atoms with Crippen molar-refractivity contribution in [2.24, 2.45) is 11.8 Å². The number of halogens is 3. The van der Waals surface area contributed by atoms with Gasteiger partial charge in [0.25, 0.3) is 0 Å². The monoisotopic (exact) mass is 919 g/mol. The number of anilines is 3. The van der Waals surface area contributed by atoms with Crippen LogP contribution in [0, 0.1) is 50.9 Å². The molecule has 4 aliphatic rings. The Balaban J connectivity index is 1.09. The van der Waals surface area contributed by atoms with Gasteiger partial charge in [0.15, 0.2) is 0 Å². The molecule has 1 unspecified atom stereocenters. The van der Waals surface area contributed by atoms with Crippen molar-refractivity contribution in [3.8, 4) is 28.3 Å². The van der Waals surface area contributed by atoms with Gasteiger partial charge in [-0.3, -0.25) is 0 Å². The summed E-state index contributed by atoms with van der Waals surface area (Å²) in [6, 6.07) is 52.9. The van der Waals surface area contributed by atoms with E-state index < -0.39 is 11.7 Å². The van der Waals surface area contributed by atoms with Crippen LogP contribution in [0.2, 0.25) is 0 Å². The SMILES string of the molecule is Cc1ccc(C2=CC[C@@H]([C@@H]3CC=CC(Nc4cc(-c5cccc(C(F)(F)F)c5)c(C#N)cc4N4C5=CC(c6cc(-c7ccc(C)cc7)ccc64)[C@H]5c4ccc(C)cc4)=C3c3ccc(C)cc3)C=C2)cc1. The summed E-state index contributed by atoms with van der Waals surface area (Å²) in [5.74, 6) is 0.467. The molecule has 11 rings (SSSR count). The van der Waals surface area contributed by atoms with Crippen LogP contribution in [0.25, 0.3) is 33.4 Å². The molecule has 3 aliphatic carbocycles. The molecule has 1 N–H and O–H groups in total. The Bertz CT molecular complexity index is 3380. The van der Waals surface area contributed by atoms with Crippen molar-refractivity contribution in [3.05, 3.63) is 255 Å². The molecule has 6 heteroatoms. The number of aryl methyl sites for hydroxylation is 4. The topological polar surface area (TPSA) is 39.1 Å². The number of nitrogens with one attached hydrogen (secondary N) is 1. The molecule has 4 atom stereocenters. The minimum atomic E-state index is -4.56. The molecule has 0 aromatic heterocycles. The van der Waals surface area contributed by atoms with Crippen LogP contribution >= 0.6 is 0 Å². The summed E-state index contributed by atoms with van der Waals surface area (Å²) >= 11 is 0. The number of hydrogen-bond acceptors (Lipinski definition) is 3. The first-order valence-electron chi connectivity index (χ1n) is 24.2. The Morgan fingerprint density at radius 1 is 0.629 bits per heavy atom. The van der Waals surface area contributed by atoms with Gasteiger partial charge in [0.2, 0.25) is 0 Å². The van der Waals surface area contributed by atoms with E-state index in [9.17, 15) is 18.4 Å². The van der Waals surface area contributed by atoms with Crippen molar-refractivity contribution in [3.63, 3.8) is 0 Å². The van der Waals surface area contributed by atoms with Gasteiger partial charge in [0, 0.05) is 34.5 Å². The Kier molecular flexibility index (Phi) is 11.4. The number of fused-ring (bicyclic) bond motifs is 4. The Morgan fingerprint density at radius 2 is 1.27 bits per heavy atom. The molecular weight excluding hydrogens is 868 g/mol. The van der Waals surface area contributed by atoms with E-state index >= 15 is 0 Å². The third-order valence-electron chi connectivity index (χ3n) is 14.7. The maximum Gasteiger partial charge on any atom is 0.416 e. The van der Waals surface area contributed by atoms with Gasteiger partial charge in [-0.15, -0.1) is 0 Å². The van der Waals surface area contributed by atoms with Crippen molar-refractivity contribution in [1.82, 2.24) is 0 Å². The van der Waals surface area contributed by atoms with Crippen molar-refractivity contribution in [1.29, 1.82) is 5.26 Å². The van der Waals surface area contributed by atoms with Gasteiger partial charge in [-0.2, -0.15) is 18.4 Å². The zero-order chi connectivity index (χ0) is 48.3. The van der Waals surface area contributed by atoms with Crippen LogP contribution in [0.3, 0.4) is 0 Å². The Hall–Kier alpha value is -7.88. The van der Waals surface area contributed by atoms with Crippen LogP contribution in [-0.2, 0) is 6.18 Å². The molecule has 0 radical (unpaired) electrons. The number of allylic oxidation sites excluding steroid dienone is 9. The van der Waals surface area contributed by atoms with E-state index in [2.05, 4.69) is 196 Å². The van der Waals surface area contributed by atoms with Gasteiger partial charge < -0.3 is 10.2 Å². The number of nitriles is 1. The maximum atomic E-state index is 14.3. The van der Waals surface area contributed by atoms with Gasteiger partial charge in [0.05, 0.1) is 28.6 Å². The molecular formula is C64H52F3N3. The molecule has 7 aromatic rings. The lowest BCUT2D eigenvalue weighted by molar-refractivity contribution is -0.137. The smallest absolute Gasteiger partial charge is 0.354 e. The highest BCUT2D eigenvalue weighted by Gasteiger charge is 2.46. The van der Waals surface area contributed by atoms with E-state index in [0.717, 1.165) is 70.0 Å². The Labute approximate surface area is 409 Å². The van der Waals surface area contributed by atoms with Gasteiger partial charge in [-0.1, -0.05) is 168 Å². The van der Waals surface area contributed by atoms with Crippen LogP contribution < -0.4 is 10.2 Å². The summed E-state index contributed by atoms with van der Waals surface area (Å²) in [6.07, 6.45) is 10.9. The van der Waals surface area contributed by atoms with Crippen molar-refractivity contribution in [2.75, 3.05) is 10.2 Å². The van der Waals surface area contributed by atoms with E-state index in [-0.39, 0.29) is 29.2 Å². The fourth-order valence-electron chi connectivity index (χ4n) is 10.9. The molecule has 344 valence electrons. The van der Waals surface area contributed by atoms with E-state index in [1.165, 1.54) is 50.6 Å². The predicted molar refractivity (Wildman–Crippen MR) is 280 cm³/mol. The lowest BCUT2D eigenvalue weighted by Crippen LogP contribution is -2.38. The number of rotatable bonds is 9. The van der Waals surface area contributed by atoms with Gasteiger partial charge in [-0.05, 0) is 145 Å². The molecule has 0 saturated carbocycles.